The smallest absolute Gasteiger partial charge is 0.416 e. The Morgan fingerprint density at radius 1 is 1.00 bits per heavy atom. The predicted octanol–water partition coefficient (Wildman–Crippen LogP) is 6.66. The van der Waals surface area contributed by atoms with Gasteiger partial charge < -0.3 is 20.0 Å². The third-order valence-electron chi connectivity index (χ3n) is 6.42. The molecule has 0 aliphatic heterocycles. The second-order valence-electron chi connectivity index (χ2n) is 9.56. The Labute approximate surface area is 230 Å². The molecule has 0 aliphatic carbocycles. The monoisotopic (exact) mass is 580 g/mol. The number of nitrogens with one attached hydrogen (secondary N) is 2. The molecular weight excluding hydrogens is 554 g/mol. The number of nitrogens with zero attached hydrogens (tertiary/aromatic N) is 2. The van der Waals surface area contributed by atoms with Crippen molar-refractivity contribution in [2.75, 3.05) is 6.54 Å². The number of alkyl halides is 6. The normalized spacial score (nSPS) is 12.2. The number of carbonyl (C=O) groups is 2. The number of halogens is 6. The highest BCUT2D eigenvalue weighted by Gasteiger charge is 2.37. The van der Waals surface area contributed by atoms with Gasteiger partial charge in [-0.05, 0) is 60.9 Å². The maximum Gasteiger partial charge on any atom is 0.416 e. The number of carboxylic acid groups (broad SMARTS) is 1. The van der Waals surface area contributed by atoms with Gasteiger partial charge in [-0.3, -0.25) is 9.59 Å². The minimum absolute atomic E-state index is 0.0812. The number of H-pyrrole nitrogens is 1. The number of benzene rings is 2. The molecule has 0 bridgehead atoms. The van der Waals surface area contributed by atoms with Crippen molar-refractivity contribution in [2.45, 2.75) is 51.5 Å². The zero-order chi connectivity index (χ0) is 29.9. The zero-order valence-corrected chi connectivity index (χ0v) is 21.8. The molecule has 0 saturated heterocycles. The number of aryl methyl sites for hydroxylation is 1. The Morgan fingerprint density at radius 2 is 1.68 bits per heavy atom. The molecule has 2 heterocycles. The molecule has 0 unspecified atom stereocenters. The number of hydrogen-bond donors (Lipinski definition) is 3. The lowest BCUT2D eigenvalue weighted by Gasteiger charge is -2.16. The van der Waals surface area contributed by atoms with Crippen molar-refractivity contribution in [3.63, 3.8) is 0 Å². The topological polar surface area (TPSA) is 100 Å². The number of carboxylic acids is 1. The fourth-order valence-electron chi connectivity index (χ4n) is 4.41. The summed E-state index contributed by atoms with van der Waals surface area (Å²) in [7, 11) is 0. The van der Waals surface area contributed by atoms with E-state index in [0.29, 0.717) is 23.2 Å². The summed E-state index contributed by atoms with van der Waals surface area (Å²) in [6.45, 7) is 1.56. The number of aliphatic carboxylic acids is 1. The molecule has 4 aromatic rings. The van der Waals surface area contributed by atoms with Gasteiger partial charge in [-0.15, -0.1) is 0 Å². The number of aromatic amines is 1. The van der Waals surface area contributed by atoms with E-state index in [2.05, 4.69) is 15.3 Å². The van der Waals surface area contributed by atoms with Crippen molar-refractivity contribution >= 4 is 22.9 Å². The van der Waals surface area contributed by atoms with Crippen LogP contribution in [0.5, 0.6) is 0 Å². The first-order valence-corrected chi connectivity index (χ1v) is 12.7. The number of fused-ring (bicyclic) bond motifs is 1. The summed E-state index contributed by atoms with van der Waals surface area (Å²) in [5.74, 6) is -1.36. The number of amides is 1. The van der Waals surface area contributed by atoms with Crippen molar-refractivity contribution in [3.8, 4) is 11.4 Å². The Balaban J connectivity index is 1.81. The van der Waals surface area contributed by atoms with Crippen LogP contribution in [0.2, 0.25) is 0 Å². The van der Waals surface area contributed by atoms with Gasteiger partial charge in [0.25, 0.3) is 5.91 Å². The van der Waals surface area contributed by atoms with Crippen molar-refractivity contribution in [2.24, 2.45) is 0 Å². The predicted molar refractivity (Wildman–Crippen MR) is 138 cm³/mol. The number of carbonyl (C=O) groups excluding carboxylic acids is 1. The molecule has 2 aromatic heterocycles. The first-order chi connectivity index (χ1) is 19.3. The lowest BCUT2D eigenvalue weighted by molar-refractivity contribution is -0.143. The first kappa shape index (κ1) is 29.7. The van der Waals surface area contributed by atoms with Gasteiger partial charge in [0.05, 0.1) is 28.6 Å². The highest BCUT2D eigenvalue weighted by Crippen LogP contribution is 2.37. The van der Waals surface area contributed by atoms with E-state index in [4.69, 9.17) is 5.11 Å². The molecule has 0 radical (unpaired) electrons. The van der Waals surface area contributed by atoms with Crippen molar-refractivity contribution < 1.29 is 41.0 Å². The maximum atomic E-state index is 13.5. The second kappa shape index (κ2) is 11.7. The van der Waals surface area contributed by atoms with Crippen LogP contribution in [0.1, 0.15) is 58.9 Å². The van der Waals surface area contributed by atoms with Crippen LogP contribution in [-0.4, -0.2) is 38.1 Å². The molecule has 41 heavy (non-hydrogen) atoms. The van der Waals surface area contributed by atoms with E-state index >= 15 is 0 Å². The molecule has 4 rings (SSSR count). The summed E-state index contributed by atoms with van der Waals surface area (Å²) in [6.07, 6.45) is -6.02. The minimum atomic E-state index is -4.99. The van der Waals surface area contributed by atoms with Gasteiger partial charge in [0.15, 0.2) is 0 Å². The van der Waals surface area contributed by atoms with Gasteiger partial charge in [-0.25, -0.2) is 4.98 Å². The summed E-state index contributed by atoms with van der Waals surface area (Å²) in [5.41, 5.74) is -0.788. The van der Waals surface area contributed by atoms with Crippen LogP contribution < -0.4 is 5.32 Å². The molecule has 13 heteroatoms. The van der Waals surface area contributed by atoms with E-state index in [9.17, 15) is 35.9 Å². The molecule has 3 N–H and O–H groups in total. The van der Waals surface area contributed by atoms with Gasteiger partial charge >= 0.3 is 18.3 Å². The molecular formula is C28H26F6N4O3. The molecule has 1 amide bonds. The van der Waals surface area contributed by atoms with E-state index in [-0.39, 0.29) is 48.0 Å². The van der Waals surface area contributed by atoms with Crippen LogP contribution in [0.15, 0.2) is 48.7 Å². The molecule has 218 valence electrons. The van der Waals surface area contributed by atoms with Gasteiger partial charge in [0, 0.05) is 36.1 Å². The van der Waals surface area contributed by atoms with Gasteiger partial charge in [-0.2, -0.15) is 26.3 Å². The Bertz CT molecular complexity index is 1540. The molecule has 0 saturated carbocycles. The maximum absolute atomic E-state index is 13.5. The standard InChI is InChI=1S/C28H26F6N4O3/c1-2-3-4-21-11-18(14-36-21)25-37-22-12-17(26(41)35-8-7-24(39)40)5-6-23(22)38(25)15-16-9-19(27(29,30)31)13-20(10-16)28(32,33)34/h5-6,9-14,36H,2-4,7-8,15H2,1H3,(H,35,41)(H,39,40). The van der Waals surface area contributed by atoms with Gasteiger partial charge in [0.2, 0.25) is 0 Å². The van der Waals surface area contributed by atoms with E-state index in [1.54, 1.807) is 6.20 Å². The largest absolute Gasteiger partial charge is 0.481 e. The van der Waals surface area contributed by atoms with Crippen LogP contribution in [0.3, 0.4) is 0 Å². The number of hydrogen-bond acceptors (Lipinski definition) is 3. The van der Waals surface area contributed by atoms with Crippen LogP contribution in [0.25, 0.3) is 22.4 Å². The Hall–Kier alpha value is -4.29. The van der Waals surface area contributed by atoms with Crippen molar-refractivity contribution in [1.82, 2.24) is 19.9 Å². The van der Waals surface area contributed by atoms with E-state index in [1.165, 1.54) is 22.8 Å². The Kier molecular flexibility index (Phi) is 8.45. The van der Waals surface area contributed by atoms with Crippen molar-refractivity contribution in [3.05, 3.63) is 76.6 Å². The Morgan fingerprint density at radius 3 is 2.29 bits per heavy atom. The summed E-state index contributed by atoms with van der Waals surface area (Å²) >= 11 is 0. The number of imidazole rings is 1. The quantitative estimate of drug-likeness (QED) is 0.183. The summed E-state index contributed by atoms with van der Waals surface area (Å²) in [4.78, 5) is 31.0. The zero-order valence-electron chi connectivity index (χ0n) is 21.8. The lowest BCUT2D eigenvalue weighted by atomic mass is 10.0. The molecule has 7 nitrogen and oxygen atoms in total. The van der Waals surface area contributed by atoms with Crippen molar-refractivity contribution in [1.29, 1.82) is 0 Å². The summed E-state index contributed by atoms with van der Waals surface area (Å²) in [5, 5.41) is 11.3. The molecule has 0 aliphatic rings. The highest BCUT2D eigenvalue weighted by atomic mass is 19.4. The molecule has 0 spiro atoms. The average Bonchev–Trinajstić information content (AvgIpc) is 3.50. The number of unbranched alkanes of at least 4 members (excludes halogenated alkanes) is 1. The molecule has 2 aromatic carbocycles. The van der Waals surface area contributed by atoms with Crippen LogP contribution in [0, 0.1) is 0 Å². The highest BCUT2D eigenvalue weighted by molar-refractivity contribution is 5.98. The number of aromatic nitrogens is 3. The average molecular weight is 581 g/mol. The lowest BCUT2D eigenvalue weighted by Crippen LogP contribution is -2.25. The van der Waals surface area contributed by atoms with Crippen LogP contribution in [0.4, 0.5) is 26.3 Å². The molecule has 0 fully saturated rings. The molecule has 0 atom stereocenters. The van der Waals surface area contributed by atoms with E-state index in [0.717, 1.165) is 25.0 Å². The number of rotatable bonds is 10. The SMILES string of the molecule is CCCCc1cc(-c2nc3cc(C(=O)NCCC(=O)O)ccc3n2Cc2cc(C(F)(F)F)cc(C(F)(F)F)c2)c[nH]1. The summed E-state index contributed by atoms with van der Waals surface area (Å²) < 4.78 is 82.6. The fraction of sp³-hybridized carbons (Fsp3) is 0.321. The summed E-state index contributed by atoms with van der Waals surface area (Å²) in [6, 6.07) is 7.62. The van der Waals surface area contributed by atoms with Gasteiger partial charge in [0.1, 0.15) is 5.82 Å². The van der Waals surface area contributed by atoms with Gasteiger partial charge in [-0.1, -0.05) is 13.3 Å². The second-order valence-corrected chi connectivity index (χ2v) is 9.56. The van der Waals surface area contributed by atoms with E-state index < -0.39 is 35.4 Å². The van der Waals surface area contributed by atoms with Crippen LogP contribution in [-0.2, 0) is 30.1 Å². The van der Waals surface area contributed by atoms with Crippen LogP contribution >= 0.6 is 0 Å². The third kappa shape index (κ3) is 7.08. The fourth-order valence-corrected chi connectivity index (χ4v) is 4.41. The third-order valence-corrected chi connectivity index (χ3v) is 6.42. The van der Waals surface area contributed by atoms with E-state index in [1.807, 2.05) is 13.0 Å². The minimum Gasteiger partial charge on any atom is -0.481 e. The first-order valence-electron chi connectivity index (χ1n) is 12.7.